The van der Waals surface area contributed by atoms with Gasteiger partial charge in [0.1, 0.15) is 5.01 Å². The fourth-order valence-electron chi connectivity index (χ4n) is 1.74. The fourth-order valence-corrected chi connectivity index (χ4v) is 2.48. The third kappa shape index (κ3) is 3.05. The van der Waals surface area contributed by atoms with E-state index < -0.39 is 0 Å². The van der Waals surface area contributed by atoms with E-state index >= 15 is 0 Å². The Labute approximate surface area is 110 Å². The molecule has 0 aliphatic carbocycles. The van der Waals surface area contributed by atoms with Crippen molar-refractivity contribution < 1.29 is 0 Å². The molecule has 2 aromatic heterocycles. The van der Waals surface area contributed by atoms with Crippen molar-refractivity contribution >= 4 is 11.3 Å². The van der Waals surface area contributed by atoms with E-state index in [4.69, 9.17) is 0 Å². The molecule has 0 unspecified atom stereocenters. The van der Waals surface area contributed by atoms with Gasteiger partial charge in [0.05, 0.1) is 5.54 Å². The first-order chi connectivity index (χ1) is 8.59. The second-order valence-corrected chi connectivity index (χ2v) is 5.52. The molecule has 2 rings (SSSR count). The summed E-state index contributed by atoms with van der Waals surface area (Å²) >= 11 is 1.64. The van der Waals surface area contributed by atoms with Crippen LogP contribution in [0.5, 0.6) is 0 Å². The molecule has 1 N–H and O–H groups in total. The maximum atomic E-state index is 11.5. The maximum absolute atomic E-state index is 11.5. The number of pyridine rings is 1. The summed E-state index contributed by atoms with van der Waals surface area (Å²) in [5, 5.41) is 6.46. The molecule has 0 saturated carbocycles. The summed E-state index contributed by atoms with van der Waals surface area (Å²) in [7, 11) is 0. The molecule has 18 heavy (non-hydrogen) atoms. The summed E-state index contributed by atoms with van der Waals surface area (Å²) in [6, 6.07) is 5.20. The normalized spacial score (nSPS) is 11.7. The quantitative estimate of drug-likeness (QED) is 0.895. The topological polar surface area (TPSA) is 46.9 Å². The zero-order valence-corrected chi connectivity index (χ0v) is 11.4. The molecule has 2 aromatic rings. The maximum Gasteiger partial charge on any atom is 0.250 e. The van der Waals surface area contributed by atoms with Crippen LogP contribution in [0.3, 0.4) is 0 Å². The Morgan fingerprint density at radius 2 is 2.28 bits per heavy atom. The van der Waals surface area contributed by atoms with E-state index in [-0.39, 0.29) is 11.1 Å². The second-order valence-electron chi connectivity index (χ2n) is 4.62. The molecule has 0 aliphatic heterocycles. The Bertz CT molecular complexity index is 545. The van der Waals surface area contributed by atoms with E-state index in [0.29, 0.717) is 6.54 Å². The van der Waals surface area contributed by atoms with E-state index in [9.17, 15) is 4.79 Å². The van der Waals surface area contributed by atoms with Crippen molar-refractivity contribution in [2.45, 2.75) is 25.9 Å². The average molecular weight is 263 g/mol. The van der Waals surface area contributed by atoms with Crippen LogP contribution in [-0.2, 0) is 12.1 Å². The lowest BCUT2D eigenvalue weighted by Crippen LogP contribution is -2.39. The third-order valence-corrected chi connectivity index (χ3v) is 3.88. The molecule has 5 heteroatoms. The van der Waals surface area contributed by atoms with Crippen LogP contribution in [0.2, 0.25) is 0 Å². The molecule has 4 nitrogen and oxygen atoms in total. The van der Waals surface area contributed by atoms with E-state index in [1.807, 2.05) is 17.6 Å². The van der Waals surface area contributed by atoms with Gasteiger partial charge in [-0.3, -0.25) is 4.79 Å². The molecule has 96 valence electrons. The van der Waals surface area contributed by atoms with Crippen LogP contribution in [0.4, 0.5) is 0 Å². The van der Waals surface area contributed by atoms with Gasteiger partial charge in [0.2, 0.25) is 0 Å². The van der Waals surface area contributed by atoms with Crippen LogP contribution in [0, 0.1) is 0 Å². The first-order valence-electron chi connectivity index (χ1n) is 5.90. The van der Waals surface area contributed by atoms with Crippen molar-refractivity contribution in [1.82, 2.24) is 14.9 Å². The predicted octanol–water partition coefficient (Wildman–Crippen LogP) is 1.83. The standard InChI is InChI=1S/C13H17N3OS/c1-13(2,12-14-7-10-18-12)15-6-9-16-8-4-3-5-11(16)17/h3-5,7-8,10,15H,6,9H2,1-2H3. The molecule has 0 spiro atoms. The summed E-state index contributed by atoms with van der Waals surface area (Å²) < 4.78 is 1.70. The van der Waals surface area contributed by atoms with Gasteiger partial charge in [-0.2, -0.15) is 0 Å². The van der Waals surface area contributed by atoms with Crippen molar-refractivity contribution in [2.75, 3.05) is 6.54 Å². The zero-order valence-electron chi connectivity index (χ0n) is 10.6. The van der Waals surface area contributed by atoms with E-state index in [2.05, 4.69) is 24.1 Å². The number of hydrogen-bond acceptors (Lipinski definition) is 4. The summed E-state index contributed by atoms with van der Waals surface area (Å²) in [5.41, 5.74) is -0.127. The van der Waals surface area contributed by atoms with Crippen LogP contribution in [-0.4, -0.2) is 16.1 Å². The highest BCUT2D eigenvalue weighted by Crippen LogP contribution is 2.21. The number of aromatic nitrogens is 2. The first-order valence-corrected chi connectivity index (χ1v) is 6.78. The number of hydrogen-bond donors (Lipinski definition) is 1. The van der Waals surface area contributed by atoms with Crippen molar-refractivity contribution in [1.29, 1.82) is 0 Å². The van der Waals surface area contributed by atoms with Gasteiger partial charge in [-0.05, 0) is 19.9 Å². The molecule has 0 aromatic carbocycles. The third-order valence-electron chi connectivity index (χ3n) is 2.79. The Hall–Kier alpha value is -1.46. The van der Waals surface area contributed by atoms with E-state index in [1.165, 1.54) is 0 Å². The van der Waals surface area contributed by atoms with E-state index in [1.54, 1.807) is 34.2 Å². The van der Waals surface area contributed by atoms with Gasteiger partial charge in [-0.25, -0.2) is 4.98 Å². The van der Waals surface area contributed by atoms with Crippen molar-refractivity contribution in [3.63, 3.8) is 0 Å². The minimum Gasteiger partial charge on any atom is -0.314 e. The number of thiazole rings is 1. The monoisotopic (exact) mass is 263 g/mol. The SMILES string of the molecule is CC(C)(NCCn1ccccc1=O)c1nccs1. The smallest absolute Gasteiger partial charge is 0.250 e. The second kappa shape index (κ2) is 5.46. The molecule has 0 amide bonds. The highest BCUT2D eigenvalue weighted by molar-refractivity contribution is 7.09. The van der Waals surface area contributed by atoms with Gasteiger partial charge >= 0.3 is 0 Å². The fraction of sp³-hybridized carbons (Fsp3) is 0.385. The van der Waals surface area contributed by atoms with Gasteiger partial charge < -0.3 is 9.88 Å². The molecule has 0 radical (unpaired) electrons. The van der Waals surface area contributed by atoms with Crippen LogP contribution in [0.1, 0.15) is 18.9 Å². The summed E-state index contributed by atoms with van der Waals surface area (Å²) in [5.74, 6) is 0. The summed E-state index contributed by atoms with van der Waals surface area (Å²) in [6.07, 6.45) is 3.62. The minimum atomic E-state index is -0.160. The Morgan fingerprint density at radius 1 is 1.44 bits per heavy atom. The van der Waals surface area contributed by atoms with Gasteiger partial charge in [0, 0.05) is 36.9 Å². The molecule has 0 bridgehead atoms. The average Bonchev–Trinajstić information content (AvgIpc) is 2.86. The molecular formula is C13H17N3OS. The lowest BCUT2D eigenvalue weighted by atomic mass is 10.1. The van der Waals surface area contributed by atoms with E-state index in [0.717, 1.165) is 11.6 Å². The number of nitrogens with zero attached hydrogens (tertiary/aromatic N) is 2. The largest absolute Gasteiger partial charge is 0.314 e. The number of rotatable bonds is 5. The summed E-state index contributed by atoms with van der Waals surface area (Å²) in [4.78, 5) is 15.8. The lowest BCUT2D eigenvalue weighted by molar-refractivity contribution is 0.388. The highest BCUT2D eigenvalue weighted by atomic mass is 32.1. The highest BCUT2D eigenvalue weighted by Gasteiger charge is 2.21. The van der Waals surface area contributed by atoms with Crippen LogP contribution in [0.15, 0.2) is 40.8 Å². The molecule has 0 saturated heterocycles. The van der Waals surface area contributed by atoms with Crippen molar-refractivity contribution in [2.24, 2.45) is 0 Å². The lowest BCUT2D eigenvalue weighted by Gasteiger charge is -2.24. The van der Waals surface area contributed by atoms with Gasteiger partial charge in [0.25, 0.3) is 5.56 Å². The number of nitrogens with one attached hydrogen (secondary N) is 1. The van der Waals surface area contributed by atoms with Crippen molar-refractivity contribution in [3.8, 4) is 0 Å². The summed E-state index contributed by atoms with van der Waals surface area (Å²) in [6.45, 7) is 5.59. The Balaban J connectivity index is 1.93. The molecule has 0 atom stereocenters. The Kier molecular flexibility index (Phi) is 3.93. The first kappa shape index (κ1) is 13.0. The molecule has 0 fully saturated rings. The Morgan fingerprint density at radius 3 is 2.94 bits per heavy atom. The predicted molar refractivity (Wildman–Crippen MR) is 73.8 cm³/mol. The minimum absolute atomic E-state index is 0.0337. The van der Waals surface area contributed by atoms with Gasteiger partial charge in [0.15, 0.2) is 0 Å². The van der Waals surface area contributed by atoms with Gasteiger partial charge in [-0.1, -0.05) is 6.07 Å². The van der Waals surface area contributed by atoms with Crippen LogP contribution in [0.25, 0.3) is 0 Å². The van der Waals surface area contributed by atoms with Crippen LogP contribution >= 0.6 is 11.3 Å². The molecular weight excluding hydrogens is 246 g/mol. The molecule has 0 aliphatic rings. The zero-order chi connectivity index (χ0) is 13.0. The molecule has 2 heterocycles. The van der Waals surface area contributed by atoms with Crippen molar-refractivity contribution in [3.05, 3.63) is 51.3 Å². The van der Waals surface area contributed by atoms with Crippen LogP contribution < -0.4 is 10.9 Å². The van der Waals surface area contributed by atoms with Gasteiger partial charge in [-0.15, -0.1) is 11.3 Å².